The quantitative estimate of drug-likeness (QED) is 0.440. The highest BCUT2D eigenvalue weighted by molar-refractivity contribution is 6.30. The van der Waals surface area contributed by atoms with Crippen molar-refractivity contribution < 1.29 is 9.66 Å². The molecule has 1 heterocycles. The first kappa shape index (κ1) is 17.0. The fraction of sp³-hybridized carbons (Fsp3) is 0.312. The Labute approximate surface area is 138 Å². The number of rotatable bonds is 7. The molecule has 0 unspecified atom stereocenters. The topological polar surface area (TPSA) is 74.4 Å². The highest BCUT2D eigenvalue weighted by Crippen LogP contribution is 2.16. The van der Waals surface area contributed by atoms with Crippen LogP contribution in [0.1, 0.15) is 18.4 Å². The van der Waals surface area contributed by atoms with Gasteiger partial charge in [0.1, 0.15) is 5.75 Å². The minimum atomic E-state index is -0.493. The van der Waals surface area contributed by atoms with E-state index in [1.54, 1.807) is 31.2 Å². The molecule has 0 saturated carbocycles. The molecule has 0 bridgehead atoms. The predicted octanol–water partition coefficient (Wildman–Crippen LogP) is 3.58. The Hall–Kier alpha value is -2.34. The van der Waals surface area contributed by atoms with Crippen LogP contribution >= 0.6 is 11.6 Å². The van der Waals surface area contributed by atoms with Crippen LogP contribution in [0.25, 0.3) is 0 Å². The van der Waals surface area contributed by atoms with Gasteiger partial charge in [-0.05, 0) is 44.0 Å². The van der Waals surface area contributed by atoms with Crippen LogP contribution < -0.4 is 10.3 Å². The SMILES string of the molecule is Cc1cc([N+](=O)[O-])cn(CCCCOc2ccc(Cl)cc2)c1=O. The van der Waals surface area contributed by atoms with Gasteiger partial charge in [-0.15, -0.1) is 0 Å². The number of pyridine rings is 1. The van der Waals surface area contributed by atoms with Crippen molar-refractivity contribution >= 4 is 17.3 Å². The Balaban J connectivity index is 1.85. The molecule has 2 aromatic rings. The smallest absolute Gasteiger partial charge is 0.286 e. The molecule has 0 atom stereocenters. The van der Waals surface area contributed by atoms with E-state index in [1.807, 2.05) is 0 Å². The van der Waals surface area contributed by atoms with Crippen molar-refractivity contribution in [1.82, 2.24) is 4.57 Å². The molecule has 0 saturated heterocycles. The number of hydrogen-bond donors (Lipinski definition) is 0. The number of hydrogen-bond acceptors (Lipinski definition) is 4. The Morgan fingerprint density at radius 3 is 2.61 bits per heavy atom. The third kappa shape index (κ3) is 4.82. The van der Waals surface area contributed by atoms with Crippen molar-refractivity contribution in [1.29, 1.82) is 0 Å². The van der Waals surface area contributed by atoms with Crippen LogP contribution in [-0.2, 0) is 6.54 Å². The van der Waals surface area contributed by atoms with E-state index in [0.717, 1.165) is 12.2 Å². The Morgan fingerprint density at radius 2 is 1.96 bits per heavy atom. The summed E-state index contributed by atoms with van der Waals surface area (Å²) in [4.78, 5) is 22.3. The molecule has 2 rings (SSSR count). The van der Waals surface area contributed by atoms with Gasteiger partial charge in [0.25, 0.3) is 11.2 Å². The molecule has 23 heavy (non-hydrogen) atoms. The number of ether oxygens (including phenoxy) is 1. The van der Waals surface area contributed by atoms with Gasteiger partial charge in [-0.25, -0.2) is 0 Å². The van der Waals surface area contributed by atoms with E-state index in [0.29, 0.717) is 30.2 Å². The summed E-state index contributed by atoms with van der Waals surface area (Å²) in [6.45, 7) is 2.51. The average molecular weight is 337 g/mol. The van der Waals surface area contributed by atoms with Crippen LogP contribution in [0, 0.1) is 17.0 Å². The molecule has 0 spiro atoms. The molecule has 0 aliphatic carbocycles. The standard InChI is InChI=1S/C16H17ClN2O4/c1-12-10-14(19(21)22)11-18(16(12)20)8-2-3-9-23-15-6-4-13(17)5-7-15/h4-7,10-11H,2-3,8-9H2,1H3. The summed E-state index contributed by atoms with van der Waals surface area (Å²) in [5.74, 6) is 0.734. The second-order valence-electron chi connectivity index (χ2n) is 5.15. The number of nitro groups is 1. The van der Waals surface area contributed by atoms with Crippen molar-refractivity contribution in [2.45, 2.75) is 26.3 Å². The van der Waals surface area contributed by atoms with Crippen molar-refractivity contribution in [2.24, 2.45) is 0 Å². The van der Waals surface area contributed by atoms with E-state index >= 15 is 0 Å². The maximum absolute atomic E-state index is 12.0. The van der Waals surface area contributed by atoms with Crippen LogP contribution in [-0.4, -0.2) is 16.1 Å². The molecule has 0 N–H and O–H groups in total. The molecule has 6 nitrogen and oxygen atoms in total. The molecule has 0 aliphatic heterocycles. The van der Waals surface area contributed by atoms with E-state index < -0.39 is 4.92 Å². The number of halogens is 1. The van der Waals surface area contributed by atoms with E-state index in [1.165, 1.54) is 16.8 Å². The van der Waals surface area contributed by atoms with E-state index in [2.05, 4.69) is 0 Å². The number of unbranched alkanes of at least 4 members (excludes halogenated alkanes) is 1. The van der Waals surface area contributed by atoms with Crippen molar-refractivity contribution in [2.75, 3.05) is 6.61 Å². The van der Waals surface area contributed by atoms with Gasteiger partial charge in [0.05, 0.1) is 17.7 Å². The van der Waals surface area contributed by atoms with Gasteiger partial charge in [-0.3, -0.25) is 14.9 Å². The normalized spacial score (nSPS) is 10.5. The van der Waals surface area contributed by atoms with Crippen LogP contribution in [0.5, 0.6) is 5.75 Å². The van der Waals surface area contributed by atoms with Crippen LogP contribution in [0.3, 0.4) is 0 Å². The first-order chi connectivity index (χ1) is 11.0. The summed E-state index contributed by atoms with van der Waals surface area (Å²) >= 11 is 5.79. The predicted molar refractivity (Wildman–Crippen MR) is 88.3 cm³/mol. The summed E-state index contributed by atoms with van der Waals surface area (Å²) in [7, 11) is 0. The second-order valence-corrected chi connectivity index (χ2v) is 5.58. The van der Waals surface area contributed by atoms with Gasteiger partial charge < -0.3 is 9.30 Å². The van der Waals surface area contributed by atoms with Crippen LogP contribution in [0.15, 0.2) is 41.3 Å². The number of aryl methyl sites for hydroxylation is 2. The second kappa shape index (κ2) is 7.78. The summed E-state index contributed by atoms with van der Waals surface area (Å²) in [6.07, 6.45) is 2.71. The Bertz CT molecular complexity index is 741. The largest absolute Gasteiger partial charge is 0.494 e. The minimum Gasteiger partial charge on any atom is -0.494 e. The fourth-order valence-electron chi connectivity index (χ4n) is 2.14. The average Bonchev–Trinajstić information content (AvgIpc) is 2.52. The Kier molecular flexibility index (Phi) is 5.76. The van der Waals surface area contributed by atoms with Gasteiger partial charge in [0.15, 0.2) is 0 Å². The van der Waals surface area contributed by atoms with Crippen LogP contribution in [0.2, 0.25) is 5.02 Å². The van der Waals surface area contributed by atoms with Crippen molar-refractivity contribution in [3.05, 3.63) is 67.6 Å². The van der Waals surface area contributed by atoms with Crippen molar-refractivity contribution in [3.63, 3.8) is 0 Å². The van der Waals surface area contributed by atoms with Gasteiger partial charge in [-0.1, -0.05) is 11.6 Å². The monoisotopic (exact) mass is 336 g/mol. The highest BCUT2D eigenvalue weighted by Gasteiger charge is 2.10. The lowest BCUT2D eigenvalue weighted by molar-refractivity contribution is -0.385. The van der Waals surface area contributed by atoms with Gasteiger partial charge in [-0.2, -0.15) is 0 Å². The summed E-state index contributed by atoms with van der Waals surface area (Å²) in [6, 6.07) is 8.38. The zero-order chi connectivity index (χ0) is 16.8. The molecule has 0 radical (unpaired) electrons. The first-order valence-electron chi connectivity index (χ1n) is 7.21. The molecule has 0 aliphatic rings. The Morgan fingerprint density at radius 1 is 1.26 bits per heavy atom. The molecule has 122 valence electrons. The number of benzene rings is 1. The highest BCUT2D eigenvalue weighted by atomic mass is 35.5. The number of nitrogens with zero attached hydrogens (tertiary/aromatic N) is 2. The summed E-state index contributed by atoms with van der Waals surface area (Å²) in [5.41, 5.74) is 0.102. The summed E-state index contributed by atoms with van der Waals surface area (Å²) < 4.78 is 6.95. The molecule has 0 fully saturated rings. The van der Waals surface area contributed by atoms with Gasteiger partial charge >= 0.3 is 0 Å². The third-order valence-electron chi connectivity index (χ3n) is 3.34. The van der Waals surface area contributed by atoms with Crippen LogP contribution in [0.4, 0.5) is 5.69 Å². The maximum Gasteiger partial charge on any atom is 0.286 e. The zero-order valence-electron chi connectivity index (χ0n) is 12.7. The van der Waals surface area contributed by atoms with E-state index in [-0.39, 0.29) is 11.2 Å². The zero-order valence-corrected chi connectivity index (χ0v) is 13.5. The third-order valence-corrected chi connectivity index (χ3v) is 3.59. The summed E-state index contributed by atoms with van der Waals surface area (Å²) in [5, 5.41) is 11.5. The molecule has 7 heteroatoms. The minimum absolute atomic E-state index is 0.0699. The van der Waals surface area contributed by atoms with E-state index in [4.69, 9.17) is 16.3 Å². The molecular formula is C16H17ClN2O4. The van der Waals surface area contributed by atoms with Crippen molar-refractivity contribution in [3.8, 4) is 5.75 Å². The van der Waals surface area contributed by atoms with Gasteiger partial charge in [0.2, 0.25) is 0 Å². The molecule has 1 aromatic heterocycles. The number of aromatic nitrogens is 1. The molecular weight excluding hydrogens is 320 g/mol. The molecule has 0 amide bonds. The fourth-order valence-corrected chi connectivity index (χ4v) is 2.26. The molecule has 1 aromatic carbocycles. The lowest BCUT2D eigenvalue weighted by atomic mass is 10.2. The first-order valence-corrected chi connectivity index (χ1v) is 7.59. The maximum atomic E-state index is 12.0. The lowest BCUT2D eigenvalue weighted by Crippen LogP contribution is -2.22. The van der Waals surface area contributed by atoms with Gasteiger partial charge in [0, 0.05) is 23.2 Å². The van der Waals surface area contributed by atoms with E-state index in [9.17, 15) is 14.9 Å². The lowest BCUT2D eigenvalue weighted by Gasteiger charge is -2.08.